The highest BCUT2D eigenvalue weighted by Crippen LogP contribution is 2.09. The van der Waals surface area contributed by atoms with E-state index in [2.05, 4.69) is 47.6 Å². The number of carbonyl (C=O) groups is 1. The molecule has 0 saturated carbocycles. The topological polar surface area (TPSA) is 44.4 Å². The molecule has 0 radical (unpaired) electrons. The second kappa shape index (κ2) is 6.17. The van der Waals surface area contributed by atoms with Crippen LogP contribution in [0.1, 0.15) is 16.7 Å². The number of amides is 1. The molecule has 2 N–H and O–H groups in total. The summed E-state index contributed by atoms with van der Waals surface area (Å²) >= 11 is 0. The molecule has 19 heavy (non-hydrogen) atoms. The lowest BCUT2D eigenvalue weighted by Crippen LogP contribution is -2.55. The standard InChI is InChI=1S/C15H23N3O/c1-11-4-5-13(8-12(11)2)9-17-15(19)14-10-18(3)7-6-16-14/h4-5,8,14,16H,6-7,9-10H2,1-3H3,(H,17,19). The van der Waals surface area contributed by atoms with Crippen LogP contribution in [0.2, 0.25) is 0 Å². The van der Waals surface area contributed by atoms with E-state index >= 15 is 0 Å². The van der Waals surface area contributed by atoms with E-state index in [9.17, 15) is 4.79 Å². The van der Waals surface area contributed by atoms with Gasteiger partial charge in [-0.1, -0.05) is 18.2 Å². The van der Waals surface area contributed by atoms with E-state index in [0.29, 0.717) is 6.54 Å². The molecule has 2 rings (SSSR count). The molecule has 1 aliphatic heterocycles. The fraction of sp³-hybridized carbons (Fsp3) is 0.533. The molecule has 0 bridgehead atoms. The Morgan fingerprint density at radius 1 is 1.42 bits per heavy atom. The lowest BCUT2D eigenvalue weighted by atomic mass is 10.1. The second-order valence-electron chi connectivity index (χ2n) is 5.41. The van der Waals surface area contributed by atoms with Gasteiger partial charge >= 0.3 is 0 Å². The molecule has 4 heteroatoms. The summed E-state index contributed by atoms with van der Waals surface area (Å²) in [5.74, 6) is 0.0878. The van der Waals surface area contributed by atoms with E-state index in [1.807, 2.05) is 7.05 Å². The first-order valence-electron chi connectivity index (χ1n) is 6.82. The quantitative estimate of drug-likeness (QED) is 0.847. The van der Waals surface area contributed by atoms with Gasteiger partial charge in [0.25, 0.3) is 0 Å². The third-order valence-corrected chi connectivity index (χ3v) is 3.73. The third kappa shape index (κ3) is 3.78. The van der Waals surface area contributed by atoms with Crippen LogP contribution in [0.15, 0.2) is 18.2 Å². The molecule has 104 valence electrons. The van der Waals surface area contributed by atoms with E-state index in [1.165, 1.54) is 11.1 Å². The molecule has 1 heterocycles. The Kier molecular flexibility index (Phi) is 4.56. The Morgan fingerprint density at radius 3 is 2.89 bits per heavy atom. The Labute approximate surface area is 115 Å². The van der Waals surface area contributed by atoms with Crippen molar-refractivity contribution < 1.29 is 4.79 Å². The Hall–Kier alpha value is -1.39. The van der Waals surface area contributed by atoms with Gasteiger partial charge in [0.2, 0.25) is 5.91 Å². The summed E-state index contributed by atoms with van der Waals surface area (Å²) in [7, 11) is 2.05. The van der Waals surface area contributed by atoms with E-state index in [-0.39, 0.29) is 11.9 Å². The highest BCUT2D eigenvalue weighted by molar-refractivity contribution is 5.82. The summed E-state index contributed by atoms with van der Waals surface area (Å²) in [6, 6.07) is 6.22. The summed E-state index contributed by atoms with van der Waals surface area (Å²) in [6.45, 7) is 7.44. The molecular formula is C15H23N3O. The van der Waals surface area contributed by atoms with Crippen molar-refractivity contribution in [3.63, 3.8) is 0 Å². The van der Waals surface area contributed by atoms with Gasteiger partial charge in [0.15, 0.2) is 0 Å². The molecule has 4 nitrogen and oxygen atoms in total. The summed E-state index contributed by atoms with van der Waals surface area (Å²) in [5, 5.41) is 6.26. The average molecular weight is 261 g/mol. The number of likely N-dealkylation sites (N-methyl/N-ethyl adjacent to an activating group) is 1. The minimum absolute atomic E-state index is 0.0878. The summed E-state index contributed by atoms with van der Waals surface area (Å²) in [4.78, 5) is 14.2. The predicted octanol–water partition coefficient (Wildman–Crippen LogP) is 0.823. The molecule has 1 saturated heterocycles. The van der Waals surface area contributed by atoms with Crippen LogP contribution in [0.3, 0.4) is 0 Å². The van der Waals surface area contributed by atoms with Crippen molar-refractivity contribution in [2.45, 2.75) is 26.4 Å². The Morgan fingerprint density at radius 2 is 2.21 bits per heavy atom. The number of nitrogens with zero attached hydrogens (tertiary/aromatic N) is 1. The lowest BCUT2D eigenvalue weighted by molar-refractivity contribution is -0.124. The first-order valence-corrected chi connectivity index (χ1v) is 6.82. The first kappa shape index (κ1) is 14.0. The highest BCUT2D eigenvalue weighted by atomic mass is 16.2. The molecule has 0 aliphatic carbocycles. The van der Waals surface area contributed by atoms with Gasteiger partial charge in [-0.3, -0.25) is 4.79 Å². The summed E-state index contributed by atoms with van der Waals surface area (Å²) < 4.78 is 0. The molecule has 0 aromatic heterocycles. The average Bonchev–Trinajstić information content (AvgIpc) is 2.40. The van der Waals surface area contributed by atoms with Crippen molar-refractivity contribution in [3.8, 4) is 0 Å². The Balaban J connectivity index is 1.87. The molecule has 1 aromatic rings. The normalized spacial score (nSPS) is 20.3. The van der Waals surface area contributed by atoms with Crippen molar-refractivity contribution in [2.24, 2.45) is 0 Å². The predicted molar refractivity (Wildman–Crippen MR) is 77.1 cm³/mol. The first-order chi connectivity index (χ1) is 9.06. The van der Waals surface area contributed by atoms with Crippen molar-refractivity contribution in [1.29, 1.82) is 0 Å². The van der Waals surface area contributed by atoms with Gasteiger partial charge in [0, 0.05) is 26.2 Å². The van der Waals surface area contributed by atoms with Gasteiger partial charge in [0.05, 0.1) is 6.04 Å². The number of rotatable bonds is 3. The van der Waals surface area contributed by atoms with Gasteiger partial charge in [-0.05, 0) is 37.6 Å². The number of nitrogens with one attached hydrogen (secondary N) is 2. The monoisotopic (exact) mass is 261 g/mol. The van der Waals surface area contributed by atoms with E-state index in [0.717, 1.165) is 25.2 Å². The van der Waals surface area contributed by atoms with E-state index in [1.54, 1.807) is 0 Å². The zero-order chi connectivity index (χ0) is 13.8. The van der Waals surface area contributed by atoms with Crippen LogP contribution in [0, 0.1) is 13.8 Å². The minimum Gasteiger partial charge on any atom is -0.351 e. The molecule has 1 amide bonds. The Bertz CT molecular complexity index is 459. The van der Waals surface area contributed by atoms with Crippen LogP contribution in [0.25, 0.3) is 0 Å². The van der Waals surface area contributed by atoms with Crippen LogP contribution >= 0.6 is 0 Å². The van der Waals surface area contributed by atoms with E-state index in [4.69, 9.17) is 0 Å². The van der Waals surface area contributed by atoms with Crippen LogP contribution in [-0.2, 0) is 11.3 Å². The molecule has 1 atom stereocenters. The van der Waals surface area contributed by atoms with Gasteiger partial charge in [-0.15, -0.1) is 0 Å². The van der Waals surface area contributed by atoms with Gasteiger partial charge in [0.1, 0.15) is 0 Å². The van der Waals surface area contributed by atoms with Gasteiger partial charge in [-0.2, -0.15) is 0 Å². The van der Waals surface area contributed by atoms with Crippen molar-refractivity contribution in [2.75, 3.05) is 26.7 Å². The van der Waals surface area contributed by atoms with Crippen LogP contribution < -0.4 is 10.6 Å². The van der Waals surface area contributed by atoms with Gasteiger partial charge in [-0.25, -0.2) is 0 Å². The SMILES string of the molecule is Cc1ccc(CNC(=O)C2CN(C)CCN2)cc1C. The summed E-state index contributed by atoms with van der Waals surface area (Å²) in [5.41, 5.74) is 3.70. The smallest absolute Gasteiger partial charge is 0.238 e. The van der Waals surface area contributed by atoms with Crippen molar-refractivity contribution >= 4 is 5.91 Å². The van der Waals surface area contributed by atoms with Crippen molar-refractivity contribution in [1.82, 2.24) is 15.5 Å². The van der Waals surface area contributed by atoms with Crippen LogP contribution in [-0.4, -0.2) is 43.5 Å². The maximum Gasteiger partial charge on any atom is 0.238 e. The third-order valence-electron chi connectivity index (χ3n) is 3.73. The van der Waals surface area contributed by atoms with Crippen molar-refractivity contribution in [3.05, 3.63) is 34.9 Å². The molecular weight excluding hydrogens is 238 g/mol. The number of piperazine rings is 1. The molecule has 1 aromatic carbocycles. The number of hydrogen-bond acceptors (Lipinski definition) is 3. The largest absolute Gasteiger partial charge is 0.351 e. The summed E-state index contributed by atoms with van der Waals surface area (Å²) in [6.07, 6.45) is 0. The number of carbonyl (C=O) groups excluding carboxylic acids is 1. The maximum atomic E-state index is 12.1. The molecule has 1 aliphatic rings. The second-order valence-corrected chi connectivity index (χ2v) is 5.41. The molecule has 0 spiro atoms. The zero-order valence-corrected chi connectivity index (χ0v) is 12.0. The zero-order valence-electron chi connectivity index (χ0n) is 12.0. The number of benzene rings is 1. The molecule has 1 unspecified atom stereocenters. The van der Waals surface area contributed by atoms with Gasteiger partial charge < -0.3 is 15.5 Å². The fourth-order valence-corrected chi connectivity index (χ4v) is 2.30. The molecule has 1 fully saturated rings. The maximum absolute atomic E-state index is 12.1. The van der Waals surface area contributed by atoms with E-state index < -0.39 is 0 Å². The van der Waals surface area contributed by atoms with Crippen LogP contribution in [0.5, 0.6) is 0 Å². The highest BCUT2D eigenvalue weighted by Gasteiger charge is 2.22. The minimum atomic E-state index is -0.0923. The lowest BCUT2D eigenvalue weighted by Gasteiger charge is -2.29. The van der Waals surface area contributed by atoms with Crippen LogP contribution in [0.4, 0.5) is 0 Å². The number of hydrogen-bond donors (Lipinski definition) is 2. The fourth-order valence-electron chi connectivity index (χ4n) is 2.30. The number of aryl methyl sites for hydroxylation is 2.